The van der Waals surface area contributed by atoms with Gasteiger partial charge in [0.2, 0.25) is 0 Å². The summed E-state index contributed by atoms with van der Waals surface area (Å²) >= 11 is 0. The van der Waals surface area contributed by atoms with Gasteiger partial charge in [0.25, 0.3) is 0 Å². The predicted octanol–water partition coefficient (Wildman–Crippen LogP) is 1.83. The van der Waals surface area contributed by atoms with E-state index in [4.69, 9.17) is 5.73 Å². The highest BCUT2D eigenvalue weighted by atomic mass is 15.2. The summed E-state index contributed by atoms with van der Waals surface area (Å²) in [5.74, 6) is 2.28. The van der Waals surface area contributed by atoms with Crippen LogP contribution in [-0.4, -0.2) is 40.5 Å². The van der Waals surface area contributed by atoms with Gasteiger partial charge in [-0.25, -0.2) is 9.97 Å². The third-order valence-electron chi connectivity index (χ3n) is 3.87. The number of nitrogens with zero attached hydrogens (tertiary/aromatic N) is 3. The zero-order valence-electron chi connectivity index (χ0n) is 12.2. The Morgan fingerprint density at radius 2 is 2.00 bits per heavy atom. The second-order valence-electron chi connectivity index (χ2n) is 5.33. The van der Waals surface area contributed by atoms with Crippen LogP contribution < -0.4 is 11.1 Å². The van der Waals surface area contributed by atoms with Gasteiger partial charge in [0.05, 0.1) is 0 Å². The molecule has 106 valence electrons. The fourth-order valence-corrected chi connectivity index (χ4v) is 2.47. The minimum Gasteiger partial charge on any atom is -0.383 e. The molecule has 2 rings (SSSR count). The molecule has 1 aromatic heterocycles. The van der Waals surface area contributed by atoms with Crippen molar-refractivity contribution in [1.29, 1.82) is 0 Å². The highest BCUT2D eigenvalue weighted by Crippen LogP contribution is 2.18. The maximum atomic E-state index is 5.92. The third-order valence-corrected chi connectivity index (χ3v) is 3.87. The number of hydrogen-bond donors (Lipinski definition) is 2. The van der Waals surface area contributed by atoms with Crippen molar-refractivity contribution in [3.63, 3.8) is 0 Å². The van der Waals surface area contributed by atoms with E-state index >= 15 is 0 Å². The number of likely N-dealkylation sites (tertiary alicyclic amines) is 1. The van der Waals surface area contributed by atoms with Crippen LogP contribution in [0.25, 0.3) is 0 Å². The Hall–Kier alpha value is -1.36. The Morgan fingerprint density at radius 3 is 2.63 bits per heavy atom. The Balaban J connectivity index is 2.00. The second-order valence-corrected chi connectivity index (χ2v) is 5.33. The number of hydrogen-bond acceptors (Lipinski definition) is 5. The molecule has 5 heteroatoms. The molecule has 1 unspecified atom stereocenters. The summed E-state index contributed by atoms with van der Waals surface area (Å²) in [7, 11) is 0. The van der Waals surface area contributed by atoms with Crippen LogP contribution in [0.3, 0.4) is 0 Å². The van der Waals surface area contributed by atoms with Crippen molar-refractivity contribution in [2.45, 2.75) is 46.1 Å². The summed E-state index contributed by atoms with van der Waals surface area (Å²) in [6, 6.07) is 0.531. The number of rotatable bonds is 5. The lowest BCUT2D eigenvalue weighted by Gasteiger charge is -2.24. The van der Waals surface area contributed by atoms with Crippen LogP contribution in [0.1, 0.15) is 38.1 Å². The zero-order valence-corrected chi connectivity index (χ0v) is 12.2. The molecule has 0 aliphatic carbocycles. The molecular formula is C14H25N5. The van der Waals surface area contributed by atoms with E-state index in [1.807, 2.05) is 13.8 Å². The van der Waals surface area contributed by atoms with E-state index < -0.39 is 0 Å². The normalized spacial score (nSPS) is 17.6. The van der Waals surface area contributed by atoms with Crippen molar-refractivity contribution >= 4 is 11.6 Å². The number of nitrogens with one attached hydrogen (secondary N) is 1. The van der Waals surface area contributed by atoms with Crippen LogP contribution in [0.2, 0.25) is 0 Å². The Kier molecular flexibility index (Phi) is 4.58. The molecule has 1 saturated heterocycles. The highest BCUT2D eigenvalue weighted by molar-refractivity contribution is 5.54. The first-order chi connectivity index (χ1) is 9.11. The van der Waals surface area contributed by atoms with Gasteiger partial charge >= 0.3 is 0 Å². The molecule has 2 heterocycles. The van der Waals surface area contributed by atoms with E-state index in [0.717, 1.165) is 30.2 Å². The van der Waals surface area contributed by atoms with E-state index in [9.17, 15) is 0 Å². The summed E-state index contributed by atoms with van der Waals surface area (Å²) in [4.78, 5) is 11.3. The van der Waals surface area contributed by atoms with Crippen molar-refractivity contribution in [1.82, 2.24) is 14.9 Å². The molecule has 1 aromatic rings. The highest BCUT2D eigenvalue weighted by Gasteiger charge is 2.18. The van der Waals surface area contributed by atoms with Crippen molar-refractivity contribution in [3.8, 4) is 0 Å². The van der Waals surface area contributed by atoms with Crippen LogP contribution in [0.15, 0.2) is 0 Å². The van der Waals surface area contributed by atoms with E-state index in [1.54, 1.807) is 0 Å². The molecule has 1 aliphatic heterocycles. The molecular weight excluding hydrogens is 238 g/mol. The van der Waals surface area contributed by atoms with E-state index in [1.165, 1.54) is 25.9 Å². The Labute approximate surface area is 115 Å². The summed E-state index contributed by atoms with van der Waals surface area (Å²) in [6.07, 6.45) is 3.45. The van der Waals surface area contributed by atoms with Crippen LogP contribution in [-0.2, 0) is 6.42 Å². The fourth-order valence-electron chi connectivity index (χ4n) is 2.47. The molecule has 1 aliphatic rings. The molecule has 0 bridgehead atoms. The van der Waals surface area contributed by atoms with Gasteiger partial charge in [-0.3, -0.25) is 4.90 Å². The molecule has 1 fully saturated rings. The summed E-state index contributed by atoms with van der Waals surface area (Å²) < 4.78 is 0. The zero-order chi connectivity index (χ0) is 13.8. The average molecular weight is 263 g/mol. The molecule has 0 radical (unpaired) electrons. The van der Waals surface area contributed by atoms with Gasteiger partial charge in [-0.1, -0.05) is 6.92 Å². The van der Waals surface area contributed by atoms with E-state index in [0.29, 0.717) is 11.9 Å². The van der Waals surface area contributed by atoms with Crippen molar-refractivity contribution in [2.24, 2.45) is 0 Å². The van der Waals surface area contributed by atoms with Gasteiger partial charge in [-0.05, 0) is 39.8 Å². The number of nitrogens with two attached hydrogens (primary N) is 1. The SMILES string of the molecule is CCc1nc(N)c(C)c(NCC(C)N2CCCC2)n1. The fraction of sp³-hybridized carbons (Fsp3) is 0.714. The number of anilines is 2. The Morgan fingerprint density at radius 1 is 1.32 bits per heavy atom. The molecule has 19 heavy (non-hydrogen) atoms. The van der Waals surface area contributed by atoms with Gasteiger partial charge in [0.15, 0.2) is 0 Å². The van der Waals surface area contributed by atoms with Crippen LogP contribution >= 0.6 is 0 Å². The van der Waals surface area contributed by atoms with E-state index in [-0.39, 0.29) is 0 Å². The second kappa shape index (κ2) is 6.19. The minimum absolute atomic E-state index is 0.531. The molecule has 0 spiro atoms. The van der Waals surface area contributed by atoms with Crippen LogP contribution in [0.4, 0.5) is 11.6 Å². The predicted molar refractivity (Wildman–Crippen MR) is 79.3 cm³/mol. The third kappa shape index (κ3) is 3.35. The standard InChI is InChI=1S/C14H25N5/c1-4-12-17-13(15)11(3)14(18-12)16-9-10(2)19-7-5-6-8-19/h10H,4-9H2,1-3H3,(H3,15,16,17,18). The number of nitrogen functional groups attached to an aromatic ring is 1. The van der Waals surface area contributed by atoms with Gasteiger partial charge in [0, 0.05) is 24.6 Å². The molecule has 0 saturated carbocycles. The monoisotopic (exact) mass is 263 g/mol. The maximum Gasteiger partial charge on any atom is 0.134 e. The molecule has 1 atom stereocenters. The lowest BCUT2D eigenvalue weighted by molar-refractivity contribution is 0.269. The van der Waals surface area contributed by atoms with Crippen LogP contribution in [0.5, 0.6) is 0 Å². The van der Waals surface area contributed by atoms with Gasteiger partial charge in [-0.2, -0.15) is 0 Å². The number of aromatic nitrogens is 2. The number of aryl methyl sites for hydroxylation is 1. The molecule has 0 aromatic carbocycles. The summed E-state index contributed by atoms with van der Waals surface area (Å²) in [6.45, 7) is 9.61. The van der Waals surface area contributed by atoms with Crippen LogP contribution in [0, 0.1) is 6.92 Å². The van der Waals surface area contributed by atoms with E-state index in [2.05, 4.69) is 27.1 Å². The first-order valence-corrected chi connectivity index (χ1v) is 7.22. The maximum absolute atomic E-state index is 5.92. The van der Waals surface area contributed by atoms with Gasteiger partial charge in [-0.15, -0.1) is 0 Å². The first-order valence-electron chi connectivity index (χ1n) is 7.22. The lowest BCUT2D eigenvalue weighted by Crippen LogP contribution is -2.35. The largest absolute Gasteiger partial charge is 0.383 e. The topological polar surface area (TPSA) is 67.1 Å². The van der Waals surface area contributed by atoms with Gasteiger partial charge < -0.3 is 11.1 Å². The Bertz CT molecular complexity index is 426. The van der Waals surface area contributed by atoms with Crippen molar-refractivity contribution in [2.75, 3.05) is 30.7 Å². The van der Waals surface area contributed by atoms with Crippen molar-refractivity contribution in [3.05, 3.63) is 11.4 Å². The van der Waals surface area contributed by atoms with Crippen molar-refractivity contribution < 1.29 is 0 Å². The quantitative estimate of drug-likeness (QED) is 0.848. The smallest absolute Gasteiger partial charge is 0.134 e. The minimum atomic E-state index is 0.531. The molecule has 0 amide bonds. The first kappa shape index (κ1) is 14.1. The summed E-state index contributed by atoms with van der Waals surface area (Å²) in [5.41, 5.74) is 6.87. The summed E-state index contributed by atoms with van der Waals surface area (Å²) in [5, 5.41) is 3.43. The average Bonchev–Trinajstić information content (AvgIpc) is 2.94. The molecule has 5 nitrogen and oxygen atoms in total. The lowest BCUT2D eigenvalue weighted by atomic mass is 10.2. The van der Waals surface area contributed by atoms with Gasteiger partial charge in [0.1, 0.15) is 17.5 Å². The molecule has 3 N–H and O–H groups in total.